The van der Waals surface area contributed by atoms with E-state index in [1.807, 2.05) is 6.07 Å². The maximum Gasteiger partial charge on any atom is 0.174 e. The van der Waals surface area contributed by atoms with Crippen molar-refractivity contribution in [2.45, 2.75) is 50.7 Å². The molecule has 1 heterocycles. The van der Waals surface area contributed by atoms with Crippen LogP contribution in [-0.2, 0) is 16.6 Å². The lowest BCUT2D eigenvalue weighted by molar-refractivity contribution is -0.134. The molecule has 1 saturated carbocycles. The number of methoxy groups -OCH3 is 1. The van der Waals surface area contributed by atoms with E-state index in [0.29, 0.717) is 18.4 Å². The molecule has 124 valence electrons. The van der Waals surface area contributed by atoms with E-state index < -0.39 is 0 Å². The molecule has 0 N–H and O–H groups in total. The van der Waals surface area contributed by atoms with Crippen LogP contribution in [0, 0.1) is 5.92 Å². The molecule has 4 heteroatoms. The Hall–Kier alpha value is -1.55. The summed E-state index contributed by atoms with van der Waals surface area (Å²) in [5.41, 5.74) is 2.34. The number of ether oxygens (including phenoxy) is 2. The van der Waals surface area contributed by atoms with Crippen molar-refractivity contribution < 1.29 is 14.3 Å². The van der Waals surface area contributed by atoms with Crippen molar-refractivity contribution in [2.24, 2.45) is 5.92 Å². The lowest BCUT2D eigenvalue weighted by atomic mass is 9.55. The molecule has 0 radical (unpaired) electrons. The number of rotatable bonds is 3. The molecule has 1 aliphatic heterocycles. The normalized spacial score (nSPS) is 34.3. The van der Waals surface area contributed by atoms with Gasteiger partial charge < -0.3 is 14.4 Å². The maximum absolute atomic E-state index is 12.6. The van der Waals surface area contributed by atoms with E-state index in [9.17, 15) is 4.79 Å². The van der Waals surface area contributed by atoms with E-state index in [1.165, 1.54) is 11.1 Å². The minimum Gasteiger partial charge on any atom is -0.493 e. The zero-order valence-electron chi connectivity index (χ0n) is 14.4. The van der Waals surface area contributed by atoms with Gasteiger partial charge in [0.15, 0.2) is 23.4 Å². The predicted octanol–water partition coefficient (Wildman–Crippen LogP) is 2.57. The summed E-state index contributed by atoms with van der Waals surface area (Å²) < 4.78 is 11.7. The second-order valence-corrected chi connectivity index (χ2v) is 7.37. The summed E-state index contributed by atoms with van der Waals surface area (Å²) in [6.45, 7) is 5.47. The number of hydrogen-bond acceptors (Lipinski definition) is 4. The Bertz CT molecular complexity index is 671. The highest BCUT2D eigenvalue weighted by atomic mass is 16.5. The van der Waals surface area contributed by atoms with E-state index in [4.69, 9.17) is 9.47 Å². The largest absolute Gasteiger partial charge is 0.493 e. The number of Topliss-reactive ketones (excluding diaryl/α,β-unsaturated/α-hetero) is 1. The third kappa shape index (κ3) is 1.78. The molecule has 1 aromatic carbocycles. The molecular formula is C19H25NO3. The quantitative estimate of drug-likeness (QED) is 0.859. The minimum atomic E-state index is -0.348. The standard InChI is InChI=1S/C19H25NO3/c1-5-20(3)13-10-11-6-9-15(22-4)17-16(11)19(2)12(13)7-8-14(21)18(19)23-17/h6,9,12-13,18H,5,7-8,10H2,1-4H3/t12-,13+,18-,19?/m0/s1. The molecule has 1 fully saturated rings. The van der Waals surface area contributed by atoms with Gasteiger partial charge in [0.05, 0.1) is 7.11 Å². The molecule has 0 saturated heterocycles. The molecule has 0 spiro atoms. The van der Waals surface area contributed by atoms with Crippen LogP contribution in [0.4, 0.5) is 0 Å². The lowest BCUT2D eigenvalue weighted by Gasteiger charge is -2.51. The van der Waals surface area contributed by atoms with Crippen molar-refractivity contribution in [3.05, 3.63) is 23.3 Å². The van der Waals surface area contributed by atoms with Gasteiger partial charge in [0.2, 0.25) is 0 Å². The number of carbonyl (C=O) groups excluding carboxylic acids is 1. The van der Waals surface area contributed by atoms with Gasteiger partial charge in [0, 0.05) is 23.4 Å². The van der Waals surface area contributed by atoms with Crippen LogP contribution < -0.4 is 9.47 Å². The fraction of sp³-hybridized carbons (Fsp3) is 0.632. The average molecular weight is 315 g/mol. The van der Waals surface area contributed by atoms with Crippen LogP contribution in [0.5, 0.6) is 11.5 Å². The summed E-state index contributed by atoms with van der Waals surface area (Å²) in [7, 11) is 3.87. The van der Waals surface area contributed by atoms with Crippen molar-refractivity contribution in [2.75, 3.05) is 20.7 Å². The predicted molar refractivity (Wildman–Crippen MR) is 88.3 cm³/mol. The van der Waals surface area contributed by atoms with E-state index in [2.05, 4.69) is 31.9 Å². The third-order valence-corrected chi connectivity index (χ3v) is 6.47. The molecule has 2 aliphatic carbocycles. The molecule has 0 aromatic heterocycles. The maximum atomic E-state index is 12.6. The monoisotopic (exact) mass is 315 g/mol. The summed E-state index contributed by atoms with van der Waals surface area (Å²) in [6, 6.07) is 4.62. The van der Waals surface area contributed by atoms with Gasteiger partial charge in [-0.2, -0.15) is 0 Å². The Morgan fingerprint density at radius 3 is 2.91 bits per heavy atom. The molecule has 3 aliphatic rings. The topological polar surface area (TPSA) is 38.8 Å². The SMILES string of the molecule is CCN(C)[C@@H]1Cc2ccc(OC)c3c2C2(C)[C@@H](O3)C(=O)CC[C@@H]12. The zero-order chi connectivity index (χ0) is 16.4. The Labute approximate surface area is 137 Å². The third-order valence-electron chi connectivity index (χ3n) is 6.47. The molecule has 4 rings (SSSR count). The van der Waals surface area contributed by atoms with Crippen LogP contribution in [0.1, 0.15) is 37.8 Å². The van der Waals surface area contributed by atoms with E-state index >= 15 is 0 Å². The number of nitrogens with zero attached hydrogens (tertiary/aromatic N) is 1. The highest BCUT2D eigenvalue weighted by Gasteiger charge is 2.61. The van der Waals surface area contributed by atoms with Gasteiger partial charge in [-0.1, -0.05) is 19.9 Å². The van der Waals surface area contributed by atoms with Gasteiger partial charge >= 0.3 is 0 Å². The second kappa shape index (κ2) is 4.97. The van der Waals surface area contributed by atoms with Crippen LogP contribution in [0.3, 0.4) is 0 Å². The van der Waals surface area contributed by atoms with E-state index in [1.54, 1.807) is 7.11 Å². The molecular weight excluding hydrogens is 290 g/mol. The van der Waals surface area contributed by atoms with Gasteiger partial charge in [-0.05, 0) is 44.0 Å². The first-order chi connectivity index (χ1) is 11.0. The van der Waals surface area contributed by atoms with Crippen molar-refractivity contribution in [3.63, 3.8) is 0 Å². The zero-order valence-corrected chi connectivity index (χ0v) is 14.4. The fourth-order valence-electron chi connectivity index (χ4n) is 5.18. The first-order valence-electron chi connectivity index (χ1n) is 8.62. The lowest BCUT2D eigenvalue weighted by Crippen LogP contribution is -2.59. The van der Waals surface area contributed by atoms with Crippen LogP contribution in [0.2, 0.25) is 0 Å². The molecule has 1 aromatic rings. The van der Waals surface area contributed by atoms with Gasteiger partial charge in [-0.3, -0.25) is 4.79 Å². The second-order valence-electron chi connectivity index (χ2n) is 7.37. The molecule has 0 bridgehead atoms. The number of ketones is 1. The number of benzene rings is 1. The molecule has 4 nitrogen and oxygen atoms in total. The Morgan fingerprint density at radius 1 is 1.43 bits per heavy atom. The highest BCUT2D eigenvalue weighted by molar-refractivity contribution is 5.88. The van der Waals surface area contributed by atoms with E-state index in [0.717, 1.165) is 30.9 Å². The smallest absolute Gasteiger partial charge is 0.174 e. The Balaban J connectivity index is 1.93. The number of carbonyl (C=O) groups is 1. The molecule has 1 unspecified atom stereocenters. The van der Waals surface area contributed by atoms with Crippen LogP contribution in [0.25, 0.3) is 0 Å². The first-order valence-corrected chi connectivity index (χ1v) is 8.62. The van der Waals surface area contributed by atoms with E-state index in [-0.39, 0.29) is 17.3 Å². The van der Waals surface area contributed by atoms with Gasteiger partial charge in [0.25, 0.3) is 0 Å². The van der Waals surface area contributed by atoms with Crippen LogP contribution >= 0.6 is 0 Å². The summed E-state index contributed by atoms with van der Waals surface area (Å²) in [4.78, 5) is 15.0. The fourth-order valence-corrected chi connectivity index (χ4v) is 5.18. The van der Waals surface area contributed by atoms with Gasteiger partial charge in [-0.15, -0.1) is 0 Å². The Kier molecular flexibility index (Phi) is 3.24. The number of hydrogen-bond donors (Lipinski definition) is 0. The summed E-state index contributed by atoms with van der Waals surface area (Å²) in [5.74, 6) is 2.27. The summed E-state index contributed by atoms with van der Waals surface area (Å²) >= 11 is 0. The van der Waals surface area contributed by atoms with Crippen LogP contribution in [0.15, 0.2) is 12.1 Å². The van der Waals surface area contributed by atoms with Crippen molar-refractivity contribution in [1.82, 2.24) is 4.90 Å². The minimum absolute atomic E-state index is 0.221. The van der Waals surface area contributed by atoms with Crippen molar-refractivity contribution in [1.29, 1.82) is 0 Å². The molecule has 0 amide bonds. The summed E-state index contributed by atoms with van der Waals surface area (Å²) in [6.07, 6.45) is 2.27. The first kappa shape index (κ1) is 15.0. The van der Waals surface area contributed by atoms with Gasteiger partial charge in [0.1, 0.15) is 0 Å². The average Bonchev–Trinajstić information content (AvgIpc) is 2.88. The summed E-state index contributed by atoms with van der Waals surface area (Å²) in [5, 5.41) is 0. The highest BCUT2D eigenvalue weighted by Crippen LogP contribution is 2.59. The Morgan fingerprint density at radius 2 is 2.22 bits per heavy atom. The van der Waals surface area contributed by atoms with Crippen molar-refractivity contribution in [3.8, 4) is 11.5 Å². The molecule has 23 heavy (non-hydrogen) atoms. The van der Waals surface area contributed by atoms with Crippen molar-refractivity contribution >= 4 is 5.78 Å². The number of likely N-dealkylation sites (N-methyl/N-ethyl adjacent to an activating group) is 1. The van der Waals surface area contributed by atoms with Crippen LogP contribution in [-0.4, -0.2) is 43.5 Å². The van der Waals surface area contributed by atoms with Gasteiger partial charge in [-0.25, -0.2) is 0 Å². The molecule has 4 atom stereocenters.